The molecule has 0 aliphatic carbocycles. The summed E-state index contributed by atoms with van der Waals surface area (Å²) in [5.74, 6) is -17.1. The molecule has 0 aromatic rings. The molecule has 0 N–H and O–H groups in total. The van der Waals surface area contributed by atoms with E-state index in [-0.39, 0.29) is 0 Å². The molecule has 1 atom stereocenters. The molecule has 0 spiro atoms. The van der Waals surface area contributed by atoms with Crippen molar-refractivity contribution in [1.82, 2.24) is 0 Å². The molecule has 0 aliphatic heterocycles. The molecule has 0 unspecified atom stereocenters. The van der Waals surface area contributed by atoms with Gasteiger partial charge < -0.3 is 0 Å². The van der Waals surface area contributed by atoms with Crippen molar-refractivity contribution < 1.29 is 39.5 Å². The summed E-state index contributed by atoms with van der Waals surface area (Å²) in [6.45, 7) is 0.559. The van der Waals surface area contributed by atoms with Crippen molar-refractivity contribution in [3.63, 3.8) is 0 Å². The number of alkyl halides is 9. The van der Waals surface area contributed by atoms with Crippen LogP contribution in [-0.4, -0.2) is 30.4 Å². The summed E-state index contributed by atoms with van der Waals surface area (Å²) in [4.78, 5) is 0. The van der Waals surface area contributed by atoms with Gasteiger partial charge in [-0.25, -0.2) is 22.0 Å². The first-order chi connectivity index (χ1) is 6.91. The summed E-state index contributed by atoms with van der Waals surface area (Å²) in [7, 11) is 0. The van der Waals surface area contributed by atoms with Crippen LogP contribution >= 0.6 is 0 Å². The molecule has 0 fully saturated rings. The maximum absolute atomic E-state index is 12.5. The molecule has 0 rings (SSSR count). The van der Waals surface area contributed by atoms with Crippen molar-refractivity contribution in [3.8, 4) is 0 Å². The fourth-order valence-electron chi connectivity index (χ4n) is 0.759. The van der Waals surface area contributed by atoms with E-state index in [0.717, 1.165) is 0 Å². The van der Waals surface area contributed by atoms with E-state index < -0.39 is 36.8 Å². The predicted molar refractivity (Wildman–Crippen MR) is 36.0 cm³/mol. The lowest BCUT2D eigenvalue weighted by molar-refractivity contribution is -0.310. The average Bonchev–Trinajstić information content (AvgIpc) is 2.15. The Morgan fingerprint density at radius 3 is 1.44 bits per heavy atom. The minimum atomic E-state index is -6.15. The van der Waals surface area contributed by atoms with Crippen molar-refractivity contribution in [1.29, 1.82) is 0 Å². The molecule has 0 heterocycles. The molecule has 9 heteroatoms. The number of rotatable bonds is 5. The fraction of sp³-hybridized carbons (Fsp3) is 1.00. The first-order valence-electron chi connectivity index (χ1n) is 3.97. The molecular formula is C7H7F9. The Hall–Kier alpha value is -0.630. The quantitative estimate of drug-likeness (QED) is 0.659. The van der Waals surface area contributed by atoms with Crippen LogP contribution in [0.15, 0.2) is 0 Å². The molecule has 0 amide bonds. The van der Waals surface area contributed by atoms with Crippen LogP contribution in [0.1, 0.15) is 13.3 Å². The van der Waals surface area contributed by atoms with Gasteiger partial charge in [0.15, 0.2) is 0 Å². The van der Waals surface area contributed by atoms with Gasteiger partial charge in [0, 0.05) is 6.42 Å². The Morgan fingerprint density at radius 2 is 1.19 bits per heavy atom. The van der Waals surface area contributed by atoms with Gasteiger partial charge in [-0.2, -0.15) is 17.6 Å². The van der Waals surface area contributed by atoms with Crippen LogP contribution in [0, 0.1) is 0 Å². The fourth-order valence-corrected chi connectivity index (χ4v) is 0.759. The lowest BCUT2D eigenvalue weighted by Gasteiger charge is -2.31. The highest BCUT2D eigenvalue weighted by Crippen LogP contribution is 2.47. The van der Waals surface area contributed by atoms with Crippen molar-refractivity contribution in [2.75, 3.05) is 0 Å². The van der Waals surface area contributed by atoms with Crippen LogP contribution in [0.2, 0.25) is 0 Å². The average molecular weight is 262 g/mol. The van der Waals surface area contributed by atoms with Crippen molar-refractivity contribution in [2.24, 2.45) is 0 Å². The normalized spacial score (nSPS) is 16.7. The van der Waals surface area contributed by atoms with Gasteiger partial charge in [0.05, 0.1) is 0 Å². The van der Waals surface area contributed by atoms with E-state index in [1.54, 1.807) is 0 Å². The minimum absolute atomic E-state index is 0.559. The second-order valence-electron chi connectivity index (χ2n) is 3.02. The summed E-state index contributed by atoms with van der Waals surface area (Å²) in [6, 6.07) is 0. The molecule has 0 saturated carbocycles. The Balaban J connectivity index is 5.21. The van der Waals surface area contributed by atoms with E-state index in [0.29, 0.717) is 6.92 Å². The topological polar surface area (TPSA) is 0 Å². The lowest BCUT2D eigenvalue weighted by Crippen LogP contribution is -2.57. The van der Waals surface area contributed by atoms with E-state index in [1.165, 1.54) is 0 Å². The summed E-state index contributed by atoms with van der Waals surface area (Å²) >= 11 is 0. The van der Waals surface area contributed by atoms with Crippen LogP contribution in [-0.2, 0) is 0 Å². The molecular weight excluding hydrogens is 255 g/mol. The van der Waals surface area contributed by atoms with E-state index >= 15 is 0 Å². The molecule has 0 radical (unpaired) electrons. The summed E-state index contributed by atoms with van der Waals surface area (Å²) in [5, 5.41) is 0. The first kappa shape index (κ1) is 15.4. The predicted octanol–water partition coefficient (Wildman–Crippen LogP) is 3.91. The zero-order valence-corrected chi connectivity index (χ0v) is 7.76. The SMILES string of the molecule is CCC(F)(F)[C@H](F)C(F)(F)C(F)(F)C(F)F. The van der Waals surface area contributed by atoms with Gasteiger partial charge in [0.2, 0.25) is 6.17 Å². The number of hydrogen-bond donors (Lipinski definition) is 0. The smallest absolute Gasteiger partial charge is 0.234 e. The molecule has 0 bridgehead atoms. The highest BCUT2D eigenvalue weighted by Gasteiger charge is 2.72. The third-order valence-corrected chi connectivity index (χ3v) is 1.88. The Bertz CT molecular complexity index is 234. The highest BCUT2D eigenvalue weighted by molar-refractivity contribution is 4.98. The van der Waals surface area contributed by atoms with Crippen LogP contribution in [0.4, 0.5) is 39.5 Å². The van der Waals surface area contributed by atoms with Crippen LogP contribution in [0.3, 0.4) is 0 Å². The van der Waals surface area contributed by atoms with Gasteiger partial charge in [-0.05, 0) is 0 Å². The van der Waals surface area contributed by atoms with Gasteiger partial charge in [-0.1, -0.05) is 6.92 Å². The third kappa shape index (κ3) is 2.37. The maximum Gasteiger partial charge on any atom is 0.372 e. The number of halogens is 9. The monoisotopic (exact) mass is 262 g/mol. The van der Waals surface area contributed by atoms with E-state index in [2.05, 4.69) is 0 Å². The van der Waals surface area contributed by atoms with Gasteiger partial charge in [-0.15, -0.1) is 0 Å². The first-order valence-corrected chi connectivity index (χ1v) is 3.97. The van der Waals surface area contributed by atoms with Crippen molar-refractivity contribution in [2.45, 2.75) is 43.7 Å². The van der Waals surface area contributed by atoms with E-state index in [4.69, 9.17) is 0 Å². The summed E-state index contributed by atoms with van der Waals surface area (Å²) in [6.07, 6.45) is -11.1. The molecule has 0 saturated heterocycles. The zero-order valence-electron chi connectivity index (χ0n) is 7.76. The molecule has 98 valence electrons. The molecule has 0 aliphatic rings. The van der Waals surface area contributed by atoms with Gasteiger partial charge >= 0.3 is 18.3 Å². The molecule has 0 nitrogen and oxygen atoms in total. The zero-order chi connectivity index (χ0) is 13.4. The minimum Gasteiger partial charge on any atom is -0.234 e. The summed E-state index contributed by atoms with van der Waals surface area (Å²) in [5.41, 5.74) is 0. The Labute approximate surface area is 84.4 Å². The Kier molecular flexibility index (Phi) is 4.15. The van der Waals surface area contributed by atoms with Crippen LogP contribution < -0.4 is 0 Å². The third-order valence-electron chi connectivity index (χ3n) is 1.88. The number of hydrogen-bond acceptors (Lipinski definition) is 0. The van der Waals surface area contributed by atoms with E-state index in [9.17, 15) is 39.5 Å². The second-order valence-corrected chi connectivity index (χ2v) is 3.02. The largest absolute Gasteiger partial charge is 0.372 e. The lowest BCUT2D eigenvalue weighted by atomic mass is 10.00. The standard InChI is InChI=1S/C7H7F9/c1-2-5(11,12)3(8)6(13,14)7(15,16)4(9)10/h3-4H,2H2,1H3/t3-/m0/s1. The molecule has 16 heavy (non-hydrogen) atoms. The Morgan fingerprint density at radius 1 is 0.812 bits per heavy atom. The van der Waals surface area contributed by atoms with E-state index in [1.807, 2.05) is 0 Å². The molecule has 0 aromatic carbocycles. The highest BCUT2D eigenvalue weighted by atomic mass is 19.3. The molecule has 0 aromatic heterocycles. The van der Waals surface area contributed by atoms with Gasteiger partial charge in [-0.3, -0.25) is 0 Å². The summed E-state index contributed by atoms with van der Waals surface area (Å²) < 4.78 is 110. The van der Waals surface area contributed by atoms with Gasteiger partial charge in [0.25, 0.3) is 5.92 Å². The second kappa shape index (κ2) is 4.33. The van der Waals surface area contributed by atoms with Crippen LogP contribution in [0.5, 0.6) is 0 Å². The van der Waals surface area contributed by atoms with Gasteiger partial charge in [0.1, 0.15) is 0 Å². The maximum atomic E-state index is 12.5. The van der Waals surface area contributed by atoms with Crippen molar-refractivity contribution in [3.05, 3.63) is 0 Å². The van der Waals surface area contributed by atoms with Crippen LogP contribution in [0.25, 0.3) is 0 Å². The van der Waals surface area contributed by atoms with Crippen molar-refractivity contribution >= 4 is 0 Å².